The Morgan fingerprint density at radius 2 is 2.07 bits per heavy atom. The van der Waals surface area contributed by atoms with E-state index in [1.54, 1.807) is 24.3 Å². The Bertz CT molecular complexity index is 1080. The molecule has 2 aromatic heterocycles. The number of hydrogen-bond acceptors (Lipinski definition) is 5. The number of hydrogen-bond donors (Lipinski definition) is 2. The van der Waals surface area contributed by atoms with E-state index in [0.29, 0.717) is 18.0 Å². The number of pyridine rings is 1. The monoisotopic (exact) mass is 458 g/mol. The lowest BCUT2D eigenvalue weighted by Crippen LogP contribution is -2.20. The topological polar surface area (TPSA) is 108 Å². The van der Waals surface area contributed by atoms with Crippen LogP contribution in [0.5, 0.6) is 11.5 Å². The standard InChI is InChI=1S/C20H19BrN4O4/c1-28-17-8-13(2-5-16(17)29-12-18(22)26)3-7-20(27)23-9-15-11-25-10-14(21)4-6-19(25)24-15/h2-8,10-11H,9,12H2,1H3,(H2,22,26)(H,23,27). The first-order valence-corrected chi connectivity index (χ1v) is 9.42. The van der Waals surface area contributed by atoms with E-state index in [1.165, 1.54) is 13.2 Å². The van der Waals surface area contributed by atoms with Crippen molar-refractivity contribution in [1.82, 2.24) is 14.7 Å². The van der Waals surface area contributed by atoms with E-state index in [9.17, 15) is 9.59 Å². The van der Waals surface area contributed by atoms with Crippen LogP contribution in [-0.2, 0) is 16.1 Å². The number of carbonyl (C=O) groups is 2. The van der Waals surface area contributed by atoms with Gasteiger partial charge in [0.25, 0.3) is 5.91 Å². The molecule has 9 heteroatoms. The van der Waals surface area contributed by atoms with Crippen molar-refractivity contribution in [3.8, 4) is 11.5 Å². The van der Waals surface area contributed by atoms with Crippen LogP contribution < -0.4 is 20.5 Å². The number of ether oxygens (including phenoxy) is 2. The molecule has 2 amide bonds. The van der Waals surface area contributed by atoms with Crippen LogP contribution in [0.15, 0.2) is 53.3 Å². The van der Waals surface area contributed by atoms with Gasteiger partial charge in [-0.2, -0.15) is 0 Å². The number of fused-ring (bicyclic) bond motifs is 1. The predicted molar refractivity (Wildman–Crippen MR) is 111 cm³/mol. The Hall–Kier alpha value is -3.33. The third kappa shape index (κ3) is 5.58. The number of nitrogens with two attached hydrogens (primary N) is 1. The molecule has 29 heavy (non-hydrogen) atoms. The molecule has 0 radical (unpaired) electrons. The molecule has 2 heterocycles. The first-order valence-electron chi connectivity index (χ1n) is 8.63. The van der Waals surface area contributed by atoms with Gasteiger partial charge in [-0.05, 0) is 51.8 Å². The predicted octanol–water partition coefficient (Wildman–Crippen LogP) is 2.30. The lowest BCUT2D eigenvalue weighted by atomic mass is 10.2. The zero-order chi connectivity index (χ0) is 20.8. The molecule has 3 aromatic rings. The molecule has 0 aliphatic carbocycles. The van der Waals surface area contributed by atoms with Crippen LogP contribution in [0.4, 0.5) is 0 Å². The molecule has 0 bridgehead atoms. The fourth-order valence-corrected chi connectivity index (χ4v) is 2.92. The largest absolute Gasteiger partial charge is 0.493 e. The van der Waals surface area contributed by atoms with Crippen molar-refractivity contribution in [1.29, 1.82) is 0 Å². The Morgan fingerprint density at radius 3 is 2.83 bits per heavy atom. The zero-order valence-corrected chi connectivity index (χ0v) is 17.2. The summed E-state index contributed by atoms with van der Waals surface area (Å²) in [4.78, 5) is 27.4. The lowest BCUT2D eigenvalue weighted by molar-refractivity contribution is -0.120. The van der Waals surface area contributed by atoms with Crippen molar-refractivity contribution in [2.45, 2.75) is 6.54 Å². The van der Waals surface area contributed by atoms with Gasteiger partial charge in [0.15, 0.2) is 18.1 Å². The summed E-state index contributed by atoms with van der Waals surface area (Å²) in [6.07, 6.45) is 6.83. The highest BCUT2D eigenvalue weighted by Gasteiger charge is 2.07. The fraction of sp³-hybridized carbons (Fsp3) is 0.150. The number of methoxy groups -OCH3 is 1. The summed E-state index contributed by atoms with van der Waals surface area (Å²) >= 11 is 3.41. The molecule has 3 N–H and O–H groups in total. The summed E-state index contributed by atoms with van der Waals surface area (Å²) < 4.78 is 13.3. The number of amides is 2. The second-order valence-corrected chi connectivity index (χ2v) is 6.98. The number of imidazole rings is 1. The van der Waals surface area contributed by atoms with E-state index < -0.39 is 5.91 Å². The molecule has 0 aliphatic heterocycles. The lowest BCUT2D eigenvalue weighted by Gasteiger charge is -2.09. The first-order chi connectivity index (χ1) is 13.9. The average Bonchev–Trinajstić information content (AvgIpc) is 3.11. The number of carbonyl (C=O) groups excluding carboxylic acids is 2. The maximum atomic E-state index is 12.1. The number of rotatable bonds is 8. The molecule has 150 valence electrons. The van der Waals surface area contributed by atoms with Gasteiger partial charge in [-0.15, -0.1) is 0 Å². The van der Waals surface area contributed by atoms with Gasteiger partial charge in [0.2, 0.25) is 5.91 Å². The molecule has 0 saturated heterocycles. The van der Waals surface area contributed by atoms with Crippen LogP contribution in [0.1, 0.15) is 11.3 Å². The van der Waals surface area contributed by atoms with E-state index in [4.69, 9.17) is 15.2 Å². The number of benzene rings is 1. The average molecular weight is 459 g/mol. The summed E-state index contributed by atoms with van der Waals surface area (Å²) in [5.41, 5.74) is 7.37. The fourth-order valence-electron chi connectivity index (χ4n) is 2.57. The smallest absolute Gasteiger partial charge is 0.255 e. The summed E-state index contributed by atoms with van der Waals surface area (Å²) in [7, 11) is 1.49. The molecular formula is C20H19BrN4O4. The maximum Gasteiger partial charge on any atom is 0.255 e. The van der Waals surface area contributed by atoms with E-state index in [-0.39, 0.29) is 12.5 Å². The highest BCUT2D eigenvalue weighted by molar-refractivity contribution is 9.10. The van der Waals surface area contributed by atoms with E-state index in [1.807, 2.05) is 28.9 Å². The van der Waals surface area contributed by atoms with Gasteiger partial charge >= 0.3 is 0 Å². The first kappa shape index (κ1) is 20.4. The Morgan fingerprint density at radius 1 is 1.24 bits per heavy atom. The number of nitrogens with one attached hydrogen (secondary N) is 1. The van der Waals surface area contributed by atoms with Gasteiger partial charge in [-0.3, -0.25) is 9.59 Å². The molecule has 0 unspecified atom stereocenters. The van der Waals surface area contributed by atoms with Gasteiger partial charge in [-0.25, -0.2) is 4.98 Å². The SMILES string of the molecule is COc1cc(C=CC(=O)NCc2cn3cc(Br)ccc3n2)ccc1OCC(N)=O. The second-order valence-electron chi connectivity index (χ2n) is 6.06. The third-order valence-electron chi connectivity index (χ3n) is 3.89. The highest BCUT2D eigenvalue weighted by atomic mass is 79.9. The molecule has 3 rings (SSSR count). The van der Waals surface area contributed by atoms with Crippen molar-refractivity contribution in [2.75, 3.05) is 13.7 Å². The third-order valence-corrected chi connectivity index (χ3v) is 4.36. The van der Waals surface area contributed by atoms with Crippen molar-refractivity contribution in [3.05, 3.63) is 64.5 Å². The molecular weight excluding hydrogens is 440 g/mol. The van der Waals surface area contributed by atoms with E-state index >= 15 is 0 Å². The van der Waals surface area contributed by atoms with Crippen LogP contribution in [0, 0.1) is 0 Å². The van der Waals surface area contributed by atoms with E-state index in [2.05, 4.69) is 26.2 Å². The Balaban J connectivity index is 1.59. The number of aromatic nitrogens is 2. The Labute approximate surface area is 175 Å². The highest BCUT2D eigenvalue weighted by Crippen LogP contribution is 2.28. The maximum absolute atomic E-state index is 12.1. The summed E-state index contributed by atoms with van der Waals surface area (Å²) in [5, 5.41) is 2.80. The van der Waals surface area contributed by atoms with Crippen molar-refractivity contribution >= 4 is 39.5 Å². The number of halogens is 1. The summed E-state index contributed by atoms with van der Waals surface area (Å²) in [6.45, 7) is 0.0691. The minimum Gasteiger partial charge on any atom is -0.493 e. The van der Waals surface area contributed by atoms with Gasteiger partial charge in [0.1, 0.15) is 5.65 Å². The second kappa shape index (κ2) is 9.24. The van der Waals surface area contributed by atoms with Crippen molar-refractivity contribution in [3.63, 3.8) is 0 Å². The summed E-state index contributed by atoms with van der Waals surface area (Å²) in [5.74, 6) is -0.00162. The van der Waals surface area contributed by atoms with Crippen molar-refractivity contribution in [2.24, 2.45) is 5.73 Å². The van der Waals surface area contributed by atoms with Crippen molar-refractivity contribution < 1.29 is 19.1 Å². The quantitative estimate of drug-likeness (QED) is 0.503. The molecule has 0 atom stereocenters. The van der Waals surface area contributed by atoms with Gasteiger partial charge < -0.3 is 24.9 Å². The summed E-state index contributed by atoms with van der Waals surface area (Å²) in [6, 6.07) is 8.88. The Kier molecular flexibility index (Phi) is 6.50. The van der Waals surface area contributed by atoms with Crippen LogP contribution in [-0.4, -0.2) is 34.9 Å². The normalized spacial score (nSPS) is 11.0. The molecule has 0 fully saturated rings. The van der Waals surface area contributed by atoms with Crippen LogP contribution in [0.25, 0.3) is 11.7 Å². The van der Waals surface area contributed by atoms with Crippen LogP contribution in [0.2, 0.25) is 0 Å². The van der Waals surface area contributed by atoms with E-state index in [0.717, 1.165) is 21.4 Å². The molecule has 8 nitrogen and oxygen atoms in total. The van der Waals surface area contributed by atoms with Gasteiger partial charge in [0, 0.05) is 22.9 Å². The molecule has 0 aliphatic rings. The molecule has 0 saturated carbocycles. The minimum atomic E-state index is -0.578. The van der Waals surface area contributed by atoms with Crippen LogP contribution >= 0.6 is 15.9 Å². The molecule has 0 spiro atoms. The number of nitrogens with zero attached hydrogens (tertiary/aromatic N) is 2. The minimum absolute atomic E-state index is 0.242. The van der Waals surface area contributed by atoms with Crippen LogP contribution in [0.3, 0.4) is 0 Å². The van der Waals surface area contributed by atoms with Gasteiger partial charge in [0.05, 0.1) is 19.3 Å². The number of primary amides is 1. The zero-order valence-electron chi connectivity index (χ0n) is 15.6. The molecule has 1 aromatic carbocycles. The van der Waals surface area contributed by atoms with Gasteiger partial charge in [-0.1, -0.05) is 6.07 Å².